The van der Waals surface area contributed by atoms with E-state index in [-0.39, 0.29) is 23.9 Å². The van der Waals surface area contributed by atoms with Gasteiger partial charge in [-0.05, 0) is 29.7 Å². The molecule has 2 heterocycles. The Morgan fingerprint density at radius 1 is 1.04 bits per heavy atom. The number of carbonyl (C=O) groups is 1. The lowest BCUT2D eigenvalue weighted by molar-refractivity contribution is -0.122. The smallest absolute Gasteiger partial charge is 0.232 e. The minimum absolute atomic E-state index is 0.0144. The van der Waals surface area contributed by atoms with E-state index >= 15 is 0 Å². The predicted molar refractivity (Wildman–Crippen MR) is 106 cm³/mol. The first-order valence-corrected chi connectivity index (χ1v) is 9.47. The molecule has 0 bridgehead atoms. The zero-order valence-electron chi connectivity index (χ0n) is 15.3. The number of fused-ring (bicyclic) bond motifs is 1. The molecule has 0 radical (unpaired) electrons. The van der Waals surface area contributed by atoms with Crippen LogP contribution in [0.4, 0.5) is 5.95 Å². The molecule has 0 aliphatic carbocycles. The number of carbonyl (C=O) groups excluding carboxylic acids is 1. The molecule has 3 aromatic rings. The lowest BCUT2D eigenvalue weighted by Gasteiger charge is -2.39. The summed E-state index contributed by atoms with van der Waals surface area (Å²) in [5.41, 5.74) is 2.20. The maximum absolute atomic E-state index is 13.1. The van der Waals surface area contributed by atoms with Gasteiger partial charge in [-0.3, -0.25) is 9.69 Å². The number of amides is 1. The summed E-state index contributed by atoms with van der Waals surface area (Å²) in [6.45, 7) is 3.82. The van der Waals surface area contributed by atoms with Crippen LogP contribution in [-0.2, 0) is 4.79 Å². The number of rotatable bonds is 3. The minimum Gasteiger partial charge on any atom is -0.274 e. The molecule has 0 saturated carbocycles. The summed E-state index contributed by atoms with van der Waals surface area (Å²) in [5, 5.41) is 5.12. The van der Waals surface area contributed by atoms with Crippen LogP contribution in [0.2, 0.25) is 5.02 Å². The van der Waals surface area contributed by atoms with Crippen LogP contribution >= 0.6 is 11.6 Å². The molecule has 1 aromatic heterocycles. The zero-order chi connectivity index (χ0) is 19.0. The van der Waals surface area contributed by atoms with E-state index in [9.17, 15) is 4.79 Å². The fraction of sp³-hybridized carbons (Fsp3) is 0.286. The summed E-state index contributed by atoms with van der Waals surface area (Å²) in [6.07, 6.45) is 2.25. The Morgan fingerprint density at radius 3 is 2.37 bits per heavy atom. The zero-order valence-corrected chi connectivity index (χ0v) is 16.0. The Kier molecular flexibility index (Phi) is 4.70. The minimum atomic E-state index is -0.141. The Labute approximate surface area is 163 Å². The average molecular weight is 381 g/mol. The van der Waals surface area contributed by atoms with E-state index in [0.29, 0.717) is 11.0 Å². The molecule has 4 rings (SSSR count). The van der Waals surface area contributed by atoms with Gasteiger partial charge in [-0.15, -0.1) is 0 Å². The highest BCUT2D eigenvalue weighted by atomic mass is 35.5. The van der Waals surface area contributed by atoms with Crippen LogP contribution in [0.3, 0.4) is 0 Å². The molecule has 0 saturated heterocycles. The third kappa shape index (κ3) is 3.23. The first kappa shape index (κ1) is 17.7. The highest BCUT2D eigenvalue weighted by molar-refractivity contribution is 6.30. The lowest BCUT2D eigenvalue weighted by Crippen LogP contribution is -2.44. The molecule has 1 aliphatic rings. The van der Waals surface area contributed by atoms with Crippen LogP contribution in [0, 0.1) is 5.92 Å². The maximum Gasteiger partial charge on any atom is 0.232 e. The maximum atomic E-state index is 13.1. The molecule has 2 atom stereocenters. The van der Waals surface area contributed by atoms with Gasteiger partial charge in [-0.25, -0.2) is 4.68 Å². The first-order chi connectivity index (χ1) is 13.1. The van der Waals surface area contributed by atoms with Crippen LogP contribution in [0.5, 0.6) is 0 Å². The molecule has 0 N–H and O–H groups in total. The van der Waals surface area contributed by atoms with E-state index in [4.69, 9.17) is 11.6 Å². The number of nitrogens with zero attached hydrogens (tertiary/aromatic N) is 4. The number of aromatic nitrogens is 3. The van der Waals surface area contributed by atoms with E-state index in [2.05, 4.69) is 22.2 Å². The Hall–Kier alpha value is -2.66. The van der Waals surface area contributed by atoms with Crippen molar-refractivity contribution in [3.8, 4) is 0 Å². The van der Waals surface area contributed by atoms with E-state index < -0.39 is 0 Å². The number of hydrogen-bond donors (Lipinski definition) is 0. The van der Waals surface area contributed by atoms with Gasteiger partial charge in [0.15, 0.2) is 0 Å². The topological polar surface area (TPSA) is 51.0 Å². The van der Waals surface area contributed by atoms with Crippen molar-refractivity contribution in [2.24, 2.45) is 5.92 Å². The van der Waals surface area contributed by atoms with Gasteiger partial charge in [-0.1, -0.05) is 67.9 Å². The second-order valence-electron chi connectivity index (χ2n) is 7.10. The summed E-state index contributed by atoms with van der Waals surface area (Å²) >= 11 is 6.08. The summed E-state index contributed by atoms with van der Waals surface area (Å²) < 4.78 is 1.86. The molecule has 138 valence electrons. The van der Waals surface area contributed by atoms with E-state index in [1.54, 1.807) is 4.90 Å². The largest absolute Gasteiger partial charge is 0.274 e. The summed E-state index contributed by atoms with van der Waals surface area (Å²) in [5.74, 6) is 0.489. The third-order valence-electron chi connectivity index (χ3n) is 4.99. The Morgan fingerprint density at radius 2 is 1.70 bits per heavy atom. The molecule has 0 fully saturated rings. The molecule has 2 aromatic carbocycles. The highest BCUT2D eigenvalue weighted by Crippen LogP contribution is 2.42. The molecule has 5 nitrogen and oxygen atoms in total. The molecule has 0 spiro atoms. The summed E-state index contributed by atoms with van der Waals surface area (Å²) in [6, 6.07) is 17.8. The van der Waals surface area contributed by atoms with Crippen molar-refractivity contribution < 1.29 is 4.79 Å². The second kappa shape index (κ2) is 7.16. The highest BCUT2D eigenvalue weighted by Gasteiger charge is 2.39. The van der Waals surface area contributed by atoms with Crippen molar-refractivity contribution in [2.75, 3.05) is 4.90 Å². The lowest BCUT2D eigenvalue weighted by atomic mass is 9.91. The molecular weight excluding hydrogens is 360 g/mol. The molecule has 1 amide bonds. The second-order valence-corrected chi connectivity index (χ2v) is 7.53. The number of hydrogen-bond acceptors (Lipinski definition) is 3. The van der Waals surface area contributed by atoms with Gasteiger partial charge < -0.3 is 0 Å². The van der Waals surface area contributed by atoms with Gasteiger partial charge >= 0.3 is 0 Å². The molecular formula is C21H21ClN4O. The molecule has 1 aliphatic heterocycles. The van der Waals surface area contributed by atoms with Crippen molar-refractivity contribution in [3.05, 3.63) is 77.1 Å². The third-order valence-corrected chi connectivity index (χ3v) is 5.25. The van der Waals surface area contributed by atoms with Crippen LogP contribution < -0.4 is 4.90 Å². The summed E-state index contributed by atoms with van der Waals surface area (Å²) in [7, 11) is 0. The fourth-order valence-corrected chi connectivity index (χ4v) is 3.77. The van der Waals surface area contributed by atoms with Crippen LogP contribution in [0.15, 0.2) is 60.9 Å². The van der Waals surface area contributed by atoms with E-state index in [0.717, 1.165) is 17.5 Å². The van der Waals surface area contributed by atoms with Crippen LogP contribution in [0.25, 0.3) is 0 Å². The number of benzene rings is 2. The normalized spacial score (nSPS) is 19.2. The summed E-state index contributed by atoms with van der Waals surface area (Å²) in [4.78, 5) is 19.3. The average Bonchev–Trinajstić information content (AvgIpc) is 3.17. The van der Waals surface area contributed by atoms with Crippen molar-refractivity contribution >= 4 is 23.5 Å². The molecule has 27 heavy (non-hydrogen) atoms. The first-order valence-electron chi connectivity index (χ1n) is 9.09. The van der Waals surface area contributed by atoms with Gasteiger partial charge in [0.05, 0.1) is 12.1 Å². The fourth-order valence-electron chi connectivity index (χ4n) is 3.65. The van der Waals surface area contributed by atoms with Gasteiger partial charge in [0.1, 0.15) is 6.33 Å². The van der Waals surface area contributed by atoms with Gasteiger partial charge in [0, 0.05) is 10.9 Å². The van der Waals surface area contributed by atoms with E-state index in [1.807, 2.05) is 61.0 Å². The molecule has 6 heteroatoms. The monoisotopic (exact) mass is 380 g/mol. The number of anilines is 1. The van der Waals surface area contributed by atoms with Crippen molar-refractivity contribution in [1.29, 1.82) is 0 Å². The van der Waals surface area contributed by atoms with Gasteiger partial charge in [-0.2, -0.15) is 10.1 Å². The quantitative estimate of drug-likeness (QED) is 0.664. The SMILES string of the molecule is CC(C)C(=O)N1c2ncnn2C(c2ccccc2)CC1c1ccc(Cl)cc1. The van der Waals surface area contributed by atoms with Crippen molar-refractivity contribution in [3.63, 3.8) is 0 Å². The van der Waals surface area contributed by atoms with Crippen LogP contribution in [0.1, 0.15) is 43.5 Å². The molecule has 2 unspecified atom stereocenters. The van der Waals surface area contributed by atoms with Crippen molar-refractivity contribution in [1.82, 2.24) is 14.8 Å². The Bertz CT molecular complexity index is 936. The predicted octanol–water partition coefficient (Wildman–Crippen LogP) is 4.65. The Balaban J connectivity index is 1.85. The van der Waals surface area contributed by atoms with Gasteiger partial charge in [0.25, 0.3) is 0 Å². The van der Waals surface area contributed by atoms with E-state index in [1.165, 1.54) is 6.33 Å². The van der Waals surface area contributed by atoms with Crippen LogP contribution in [-0.4, -0.2) is 20.7 Å². The standard InChI is InChI=1S/C21H21ClN4O/c1-14(2)20(27)25-18(16-8-10-17(22)11-9-16)12-19(15-6-4-3-5-7-15)26-21(25)23-13-24-26/h3-11,13-14,18-19H,12H2,1-2H3. The van der Waals surface area contributed by atoms with Gasteiger partial charge in [0.2, 0.25) is 11.9 Å². The number of halogens is 1. The van der Waals surface area contributed by atoms with Crippen molar-refractivity contribution in [2.45, 2.75) is 32.4 Å².